The second-order valence-electron chi connectivity index (χ2n) is 6.74. The fourth-order valence-corrected chi connectivity index (χ4v) is 4.20. The predicted molar refractivity (Wildman–Crippen MR) is 109 cm³/mol. The number of rotatable bonds is 6. The van der Waals surface area contributed by atoms with E-state index in [1.807, 2.05) is 18.2 Å². The van der Waals surface area contributed by atoms with Crippen LogP contribution in [0.2, 0.25) is 0 Å². The topological polar surface area (TPSA) is 119 Å². The lowest BCUT2D eigenvalue weighted by Crippen LogP contribution is -2.37. The van der Waals surface area contributed by atoms with Crippen LogP contribution in [0, 0.1) is 5.92 Å². The van der Waals surface area contributed by atoms with Gasteiger partial charge in [-0.3, -0.25) is 0 Å². The second kappa shape index (κ2) is 8.21. The number of aromatic amines is 1. The number of piperidine rings is 1. The van der Waals surface area contributed by atoms with Crippen molar-refractivity contribution in [1.82, 2.24) is 24.7 Å². The van der Waals surface area contributed by atoms with Gasteiger partial charge in [-0.2, -0.15) is 0 Å². The van der Waals surface area contributed by atoms with Gasteiger partial charge in [-0.1, -0.05) is 0 Å². The van der Waals surface area contributed by atoms with Crippen LogP contribution in [0.3, 0.4) is 0 Å². The monoisotopic (exact) mass is 401 g/mol. The van der Waals surface area contributed by atoms with Crippen LogP contribution in [-0.2, 0) is 11.0 Å². The molecule has 0 amide bonds. The van der Waals surface area contributed by atoms with Gasteiger partial charge in [0.1, 0.15) is 22.8 Å². The summed E-state index contributed by atoms with van der Waals surface area (Å²) >= 11 is 0. The number of hydrogen-bond donors (Lipinski definition) is 4. The van der Waals surface area contributed by atoms with E-state index >= 15 is 0 Å². The third-order valence-electron chi connectivity index (χ3n) is 4.96. The van der Waals surface area contributed by atoms with Gasteiger partial charge in [0.25, 0.3) is 0 Å². The van der Waals surface area contributed by atoms with Crippen LogP contribution in [0.25, 0.3) is 11.2 Å². The summed E-state index contributed by atoms with van der Waals surface area (Å²) in [5, 5.41) is 12.9. The zero-order valence-electron chi connectivity index (χ0n) is 15.6. The molecule has 4 rings (SSSR count). The Morgan fingerprint density at radius 3 is 3.07 bits per heavy atom. The minimum absolute atomic E-state index is 0.182. The average molecular weight is 401 g/mol. The Bertz CT molecular complexity index is 993. The Morgan fingerprint density at radius 2 is 2.25 bits per heavy atom. The largest absolute Gasteiger partial charge is 0.396 e. The van der Waals surface area contributed by atoms with E-state index in [9.17, 15) is 9.32 Å². The fraction of sp³-hybridized carbons (Fsp3) is 0.389. The van der Waals surface area contributed by atoms with Crippen molar-refractivity contribution in [3.05, 3.63) is 30.9 Å². The molecule has 3 heterocycles. The van der Waals surface area contributed by atoms with Gasteiger partial charge in [-0.15, -0.1) is 0 Å². The molecule has 2 atom stereocenters. The molecule has 2 aromatic heterocycles. The molecule has 0 saturated carbocycles. The smallest absolute Gasteiger partial charge is 0.182 e. The Balaban J connectivity index is 1.74. The molecule has 4 N–H and O–H groups in total. The van der Waals surface area contributed by atoms with E-state index in [1.165, 1.54) is 6.33 Å². The van der Waals surface area contributed by atoms with Crippen molar-refractivity contribution in [1.29, 1.82) is 0 Å². The van der Waals surface area contributed by atoms with Crippen LogP contribution in [0.5, 0.6) is 0 Å². The first-order valence-electron chi connectivity index (χ1n) is 9.19. The minimum Gasteiger partial charge on any atom is -0.396 e. The number of aromatic nitrogens is 4. The van der Waals surface area contributed by atoms with Crippen LogP contribution < -0.4 is 14.9 Å². The number of benzene rings is 1. The Morgan fingerprint density at radius 1 is 1.36 bits per heavy atom. The summed E-state index contributed by atoms with van der Waals surface area (Å²) in [5.74, 6) is 0.859. The van der Waals surface area contributed by atoms with Crippen LogP contribution >= 0.6 is 0 Å². The van der Waals surface area contributed by atoms with E-state index in [0.29, 0.717) is 21.9 Å². The maximum Gasteiger partial charge on any atom is 0.182 e. The van der Waals surface area contributed by atoms with E-state index in [2.05, 4.69) is 34.9 Å². The van der Waals surface area contributed by atoms with E-state index in [1.54, 1.807) is 13.4 Å². The summed E-state index contributed by atoms with van der Waals surface area (Å²) < 4.78 is 15.0. The second-order valence-corrected chi connectivity index (χ2v) is 8.15. The third kappa shape index (κ3) is 3.71. The first-order chi connectivity index (χ1) is 13.7. The molecule has 28 heavy (non-hydrogen) atoms. The van der Waals surface area contributed by atoms with Crippen molar-refractivity contribution < 1.29 is 9.32 Å². The number of aliphatic hydroxyl groups excluding tert-OH is 1. The van der Waals surface area contributed by atoms with E-state index in [-0.39, 0.29) is 12.5 Å². The van der Waals surface area contributed by atoms with Crippen molar-refractivity contribution in [2.75, 3.05) is 37.0 Å². The van der Waals surface area contributed by atoms with Gasteiger partial charge >= 0.3 is 0 Å². The summed E-state index contributed by atoms with van der Waals surface area (Å²) in [4.78, 5) is 18.6. The van der Waals surface area contributed by atoms with Crippen molar-refractivity contribution in [2.24, 2.45) is 5.92 Å². The lowest BCUT2D eigenvalue weighted by molar-refractivity contribution is 0.209. The molecule has 0 spiro atoms. The fourth-order valence-electron chi connectivity index (χ4n) is 3.54. The molecule has 1 aromatic carbocycles. The quantitative estimate of drug-likeness (QED) is 0.495. The molecule has 1 aliphatic heterocycles. The zero-order valence-corrected chi connectivity index (χ0v) is 16.4. The van der Waals surface area contributed by atoms with Crippen molar-refractivity contribution in [3.8, 4) is 0 Å². The van der Waals surface area contributed by atoms with E-state index < -0.39 is 11.0 Å². The number of anilines is 3. The SMILES string of the molecule is CNS(=O)c1ccc(N2CCCC(CO)C2)c(Nc2ncnc3nc[nH]c23)c1. The van der Waals surface area contributed by atoms with Gasteiger partial charge in [0, 0.05) is 19.7 Å². The number of aliphatic hydroxyl groups is 1. The summed E-state index contributed by atoms with van der Waals surface area (Å²) in [6.07, 6.45) is 5.09. The van der Waals surface area contributed by atoms with Gasteiger partial charge in [-0.25, -0.2) is 23.9 Å². The van der Waals surface area contributed by atoms with Crippen molar-refractivity contribution >= 4 is 39.3 Å². The Kier molecular flexibility index (Phi) is 5.51. The molecule has 1 aliphatic rings. The summed E-state index contributed by atoms with van der Waals surface area (Å²) in [6, 6.07) is 5.70. The summed E-state index contributed by atoms with van der Waals surface area (Å²) in [5.41, 5.74) is 3.07. The lowest BCUT2D eigenvalue weighted by Gasteiger charge is -2.35. The number of nitrogens with one attached hydrogen (secondary N) is 3. The van der Waals surface area contributed by atoms with Crippen LogP contribution in [0.1, 0.15) is 12.8 Å². The Labute approximate surface area is 165 Å². The van der Waals surface area contributed by atoms with E-state index in [0.717, 1.165) is 37.3 Å². The lowest BCUT2D eigenvalue weighted by atomic mass is 9.98. The molecule has 1 fully saturated rings. The van der Waals surface area contributed by atoms with Crippen molar-refractivity contribution in [3.63, 3.8) is 0 Å². The Hall–Kier alpha value is -2.56. The highest BCUT2D eigenvalue weighted by Gasteiger charge is 2.22. The number of H-pyrrole nitrogens is 1. The average Bonchev–Trinajstić information content (AvgIpc) is 3.23. The molecule has 0 bridgehead atoms. The van der Waals surface area contributed by atoms with Gasteiger partial charge in [-0.05, 0) is 44.0 Å². The van der Waals surface area contributed by atoms with Crippen LogP contribution in [0.15, 0.2) is 35.7 Å². The first-order valence-corrected chi connectivity index (χ1v) is 10.3. The van der Waals surface area contributed by atoms with Gasteiger partial charge < -0.3 is 20.3 Å². The molecule has 0 radical (unpaired) electrons. The number of nitrogens with zero attached hydrogens (tertiary/aromatic N) is 4. The first kappa shape index (κ1) is 18.8. The van der Waals surface area contributed by atoms with Gasteiger partial charge in [0.2, 0.25) is 0 Å². The van der Waals surface area contributed by atoms with Crippen LogP contribution in [-0.4, -0.2) is 56.0 Å². The number of hydrogen-bond acceptors (Lipinski definition) is 7. The normalized spacial score (nSPS) is 18.4. The number of imidazole rings is 1. The maximum atomic E-state index is 12.3. The molecular formula is C18H23N7O2S. The highest BCUT2D eigenvalue weighted by molar-refractivity contribution is 7.83. The molecule has 10 heteroatoms. The minimum atomic E-state index is -1.30. The highest BCUT2D eigenvalue weighted by atomic mass is 32.2. The van der Waals surface area contributed by atoms with E-state index in [4.69, 9.17) is 0 Å². The third-order valence-corrected chi connectivity index (χ3v) is 6.01. The van der Waals surface area contributed by atoms with Crippen LogP contribution in [0.4, 0.5) is 17.2 Å². The van der Waals surface area contributed by atoms with Gasteiger partial charge in [0.15, 0.2) is 11.5 Å². The summed E-state index contributed by atoms with van der Waals surface area (Å²) in [7, 11) is 0.358. The molecule has 1 saturated heterocycles. The molecule has 9 nitrogen and oxygen atoms in total. The number of fused-ring (bicyclic) bond motifs is 1. The molecule has 3 aromatic rings. The molecular weight excluding hydrogens is 378 g/mol. The maximum absolute atomic E-state index is 12.3. The van der Waals surface area contributed by atoms with Gasteiger partial charge in [0.05, 0.1) is 22.6 Å². The van der Waals surface area contributed by atoms with Crippen molar-refractivity contribution in [2.45, 2.75) is 17.7 Å². The summed E-state index contributed by atoms with van der Waals surface area (Å²) in [6.45, 7) is 1.87. The highest BCUT2D eigenvalue weighted by Crippen LogP contribution is 2.34. The standard InChI is InChI=1S/C18H23N7O2S/c1-19-28(27)13-4-5-15(25-6-2-3-12(8-25)9-26)14(7-13)24-18-16-17(21-10-20-16)22-11-23-18/h4-5,7,10-12,19,26H,2-3,6,8-9H2,1H3,(H2,20,21,22,23,24). The molecule has 148 valence electrons. The predicted octanol–water partition coefficient (Wildman–Crippen LogP) is 1.55. The zero-order chi connectivity index (χ0) is 19.5. The molecule has 0 aliphatic carbocycles. The molecule has 2 unspecified atom stereocenters.